The fraction of sp³-hybridized carbons (Fsp3) is 0.0625. The van der Waals surface area contributed by atoms with Crippen LogP contribution in [-0.4, -0.2) is 12.5 Å². The molecular formula is C16H11F2NO3. The molecule has 6 heteroatoms. The maximum absolute atomic E-state index is 12.1. The second kappa shape index (κ2) is 5.85. The van der Waals surface area contributed by atoms with E-state index < -0.39 is 12.5 Å². The lowest BCUT2D eigenvalue weighted by molar-refractivity contribution is -0.0498. The lowest BCUT2D eigenvalue weighted by Crippen LogP contribution is -2.10. The van der Waals surface area contributed by atoms with Gasteiger partial charge in [-0.05, 0) is 36.4 Å². The number of amides is 1. The van der Waals surface area contributed by atoms with E-state index in [0.717, 1.165) is 5.39 Å². The number of hydrogen-bond donors (Lipinski definition) is 1. The lowest BCUT2D eigenvalue weighted by Gasteiger charge is -2.06. The van der Waals surface area contributed by atoms with E-state index in [0.29, 0.717) is 11.3 Å². The van der Waals surface area contributed by atoms with Gasteiger partial charge < -0.3 is 14.5 Å². The average molecular weight is 303 g/mol. The first-order valence-corrected chi connectivity index (χ1v) is 6.46. The molecule has 1 heterocycles. The minimum absolute atomic E-state index is 0.0248. The number of nitrogens with one attached hydrogen (secondary N) is 1. The third kappa shape index (κ3) is 3.06. The van der Waals surface area contributed by atoms with Crippen LogP contribution in [0.1, 0.15) is 10.6 Å². The van der Waals surface area contributed by atoms with Gasteiger partial charge in [-0.3, -0.25) is 4.79 Å². The number of anilines is 1. The Morgan fingerprint density at radius 2 is 1.82 bits per heavy atom. The van der Waals surface area contributed by atoms with Crippen LogP contribution in [0.4, 0.5) is 14.5 Å². The molecular weight excluding hydrogens is 292 g/mol. The maximum atomic E-state index is 12.1. The van der Waals surface area contributed by atoms with Gasteiger partial charge in [-0.15, -0.1) is 0 Å². The topological polar surface area (TPSA) is 51.5 Å². The highest BCUT2D eigenvalue weighted by Gasteiger charge is 2.12. The van der Waals surface area contributed by atoms with Crippen molar-refractivity contribution >= 4 is 22.6 Å². The van der Waals surface area contributed by atoms with Gasteiger partial charge in [0.15, 0.2) is 5.76 Å². The number of benzene rings is 2. The van der Waals surface area contributed by atoms with E-state index in [1.807, 2.05) is 18.2 Å². The number of carbonyl (C=O) groups excluding carboxylic acids is 1. The van der Waals surface area contributed by atoms with Crippen molar-refractivity contribution in [2.45, 2.75) is 6.61 Å². The molecule has 0 fully saturated rings. The molecule has 1 aromatic heterocycles. The molecule has 0 radical (unpaired) electrons. The predicted octanol–water partition coefficient (Wildman–Crippen LogP) is 4.29. The van der Waals surface area contributed by atoms with Crippen LogP contribution in [0.25, 0.3) is 11.0 Å². The van der Waals surface area contributed by atoms with Gasteiger partial charge in [-0.1, -0.05) is 18.2 Å². The van der Waals surface area contributed by atoms with E-state index >= 15 is 0 Å². The summed E-state index contributed by atoms with van der Waals surface area (Å²) in [7, 11) is 0. The molecule has 0 bridgehead atoms. The SMILES string of the molecule is O=C(Nc1ccc(OC(F)F)cc1)c1cc2ccccc2o1. The van der Waals surface area contributed by atoms with Crippen molar-refractivity contribution in [3.63, 3.8) is 0 Å². The van der Waals surface area contributed by atoms with Gasteiger partial charge in [-0.25, -0.2) is 0 Å². The van der Waals surface area contributed by atoms with Gasteiger partial charge >= 0.3 is 6.61 Å². The van der Waals surface area contributed by atoms with Gasteiger partial charge in [-0.2, -0.15) is 8.78 Å². The molecule has 0 aliphatic heterocycles. The zero-order valence-corrected chi connectivity index (χ0v) is 11.3. The number of hydrogen-bond acceptors (Lipinski definition) is 3. The zero-order chi connectivity index (χ0) is 15.5. The van der Waals surface area contributed by atoms with Crippen molar-refractivity contribution in [1.82, 2.24) is 0 Å². The van der Waals surface area contributed by atoms with Crippen molar-refractivity contribution in [1.29, 1.82) is 0 Å². The molecule has 0 aliphatic rings. The molecule has 1 N–H and O–H groups in total. The number of fused-ring (bicyclic) bond motifs is 1. The Kier molecular flexibility index (Phi) is 3.74. The second-order valence-electron chi connectivity index (χ2n) is 4.51. The minimum atomic E-state index is -2.88. The Hall–Kier alpha value is -2.89. The summed E-state index contributed by atoms with van der Waals surface area (Å²) in [5.41, 5.74) is 1.07. The summed E-state index contributed by atoms with van der Waals surface area (Å²) >= 11 is 0. The molecule has 3 aromatic rings. The predicted molar refractivity (Wildman–Crippen MR) is 77.2 cm³/mol. The number of carbonyl (C=O) groups is 1. The summed E-state index contributed by atoms with van der Waals surface area (Å²) in [5, 5.41) is 3.45. The summed E-state index contributed by atoms with van der Waals surface area (Å²) in [6.45, 7) is -2.88. The zero-order valence-electron chi connectivity index (χ0n) is 11.3. The number of furan rings is 1. The van der Waals surface area contributed by atoms with Crippen LogP contribution in [0.2, 0.25) is 0 Å². The molecule has 4 nitrogen and oxygen atoms in total. The van der Waals surface area contributed by atoms with Gasteiger partial charge in [0.05, 0.1) is 0 Å². The molecule has 2 aromatic carbocycles. The summed E-state index contributed by atoms with van der Waals surface area (Å²) < 4.78 is 33.8. The Morgan fingerprint density at radius 1 is 1.09 bits per heavy atom. The van der Waals surface area contributed by atoms with Crippen molar-refractivity contribution in [2.75, 3.05) is 5.32 Å². The first-order chi connectivity index (χ1) is 10.6. The monoisotopic (exact) mass is 303 g/mol. The summed E-state index contributed by atoms with van der Waals surface area (Å²) in [5.74, 6) is -0.218. The van der Waals surface area contributed by atoms with E-state index in [1.165, 1.54) is 24.3 Å². The maximum Gasteiger partial charge on any atom is 0.387 e. The minimum Gasteiger partial charge on any atom is -0.451 e. The highest BCUT2D eigenvalue weighted by Crippen LogP contribution is 2.21. The van der Waals surface area contributed by atoms with Gasteiger partial charge in [0, 0.05) is 11.1 Å². The van der Waals surface area contributed by atoms with E-state index in [1.54, 1.807) is 12.1 Å². The van der Waals surface area contributed by atoms with Crippen molar-refractivity contribution in [3.8, 4) is 5.75 Å². The molecule has 22 heavy (non-hydrogen) atoms. The van der Waals surface area contributed by atoms with Crippen molar-refractivity contribution < 1.29 is 22.7 Å². The van der Waals surface area contributed by atoms with Gasteiger partial charge in [0.25, 0.3) is 5.91 Å². The standard InChI is InChI=1S/C16H11F2NO3/c17-16(18)21-12-7-5-11(6-8-12)19-15(20)14-9-10-3-1-2-4-13(10)22-14/h1-9,16H,(H,19,20). The number of alkyl halides is 2. The smallest absolute Gasteiger partial charge is 0.387 e. The van der Waals surface area contributed by atoms with Crippen LogP contribution in [0.5, 0.6) is 5.75 Å². The fourth-order valence-electron chi connectivity index (χ4n) is 2.01. The molecule has 0 saturated heterocycles. The lowest BCUT2D eigenvalue weighted by atomic mass is 10.2. The third-order valence-corrected chi connectivity index (χ3v) is 2.99. The largest absolute Gasteiger partial charge is 0.451 e. The number of rotatable bonds is 4. The molecule has 112 valence electrons. The fourth-order valence-corrected chi connectivity index (χ4v) is 2.01. The first-order valence-electron chi connectivity index (χ1n) is 6.46. The van der Waals surface area contributed by atoms with Crippen LogP contribution in [-0.2, 0) is 0 Å². The van der Waals surface area contributed by atoms with Crippen LogP contribution in [0.3, 0.4) is 0 Å². The highest BCUT2D eigenvalue weighted by atomic mass is 19.3. The highest BCUT2D eigenvalue weighted by molar-refractivity contribution is 6.04. The Balaban J connectivity index is 1.73. The number of halogens is 2. The van der Waals surface area contributed by atoms with Crippen molar-refractivity contribution in [3.05, 3.63) is 60.4 Å². The number of para-hydroxylation sites is 1. The Morgan fingerprint density at radius 3 is 2.50 bits per heavy atom. The normalized spacial score (nSPS) is 10.9. The first kappa shape index (κ1) is 14.1. The quantitative estimate of drug-likeness (QED) is 0.782. The molecule has 0 saturated carbocycles. The van der Waals surface area contributed by atoms with Crippen LogP contribution >= 0.6 is 0 Å². The van der Waals surface area contributed by atoms with Crippen LogP contribution in [0, 0.1) is 0 Å². The van der Waals surface area contributed by atoms with Gasteiger partial charge in [0.2, 0.25) is 0 Å². The van der Waals surface area contributed by atoms with Crippen LogP contribution in [0.15, 0.2) is 59.0 Å². The average Bonchev–Trinajstić information content (AvgIpc) is 2.93. The molecule has 0 atom stereocenters. The van der Waals surface area contributed by atoms with Crippen LogP contribution < -0.4 is 10.1 Å². The number of ether oxygens (including phenoxy) is 1. The Labute approximate surface area is 124 Å². The molecule has 3 rings (SSSR count). The third-order valence-electron chi connectivity index (χ3n) is 2.99. The molecule has 0 spiro atoms. The summed E-state index contributed by atoms with van der Waals surface area (Å²) in [6.07, 6.45) is 0. The summed E-state index contributed by atoms with van der Waals surface area (Å²) in [6, 6.07) is 14.5. The van der Waals surface area contributed by atoms with E-state index in [2.05, 4.69) is 10.1 Å². The van der Waals surface area contributed by atoms with Crippen molar-refractivity contribution in [2.24, 2.45) is 0 Å². The molecule has 0 aliphatic carbocycles. The second-order valence-corrected chi connectivity index (χ2v) is 4.51. The van der Waals surface area contributed by atoms with E-state index in [4.69, 9.17) is 4.42 Å². The van der Waals surface area contributed by atoms with Gasteiger partial charge in [0.1, 0.15) is 11.3 Å². The Bertz CT molecular complexity index is 764. The van der Waals surface area contributed by atoms with E-state index in [9.17, 15) is 13.6 Å². The molecule has 0 unspecified atom stereocenters. The van der Waals surface area contributed by atoms with E-state index in [-0.39, 0.29) is 11.5 Å². The molecule has 1 amide bonds. The summed E-state index contributed by atoms with van der Waals surface area (Å²) in [4.78, 5) is 12.1.